The summed E-state index contributed by atoms with van der Waals surface area (Å²) in [5.41, 5.74) is 0. The van der Waals surface area contributed by atoms with E-state index in [0.717, 1.165) is 24.0 Å². The predicted molar refractivity (Wildman–Crippen MR) is 73.2 cm³/mol. The second-order valence-electron chi connectivity index (χ2n) is 4.72. The number of amides is 1. The number of hydrogen-bond donors (Lipinski definition) is 0. The molecule has 1 unspecified atom stereocenters. The average Bonchev–Trinajstić information content (AvgIpc) is 2.96. The first-order valence-corrected chi connectivity index (χ1v) is 8.54. The van der Waals surface area contributed by atoms with E-state index in [0.29, 0.717) is 17.9 Å². The summed E-state index contributed by atoms with van der Waals surface area (Å²) < 4.78 is 0. The van der Waals surface area contributed by atoms with Crippen molar-refractivity contribution in [3.63, 3.8) is 0 Å². The van der Waals surface area contributed by atoms with Crippen LogP contribution in [-0.2, 0) is 4.79 Å². The largest absolute Gasteiger partial charge is 0.339 e. The summed E-state index contributed by atoms with van der Waals surface area (Å²) in [7, 11) is 0. The van der Waals surface area contributed by atoms with Crippen LogP contribution in [-0.4, -0.2) is 40.2 Å². The molecule has 16 heavy (non-hydrogen) atoms. The molecule has 0 aromatic heterocycles. The van der Waals surface area contributed by atoms with Gasteiger partial charge in [-0.15, -0.1) is 0 Å². The number of halogens is 1. The van der Waals surface area contributed by atoms with Gasteiger partial charge in [-0.25, -0.2) is 0 Å². The summed E-state index contributed by atoms with van der Waals surface area (Å²) in [5, 5.41) is 0.912. The number of carbonyl (C=O) groups is 1. The van der Waals surface area contributed by atoms with Gasteiger partial charge in [0.15, 0.2) is 0 Å². The van der Waals surface area contributed by atoms with Crippen molar-refractivity contribution in [1.82, 2.24) is 4.90 Å². The van der Waals surface area contributed by atoms with E-state index in [1.807, 2.05) is 11.8 Å². The topological polar surface area (TPSA) is 20.3 Å². The summed E-state index contributed by atoms with van der Waals surface area (Å²) in [6.07, 6.45) is 6.14. The maximum absolute atomic E-state index is 12.4. The van der Waals surface area contributed by atoms with Crippen LogP contribution in [0.5, 0.6) is 0 Å². The van der Waals surface area contributed by atoms with Gasteiger partial charge in [0, 0.05) is 29.6 Å². The Hall–Kier alpha value is 0.300. The van der Waals surface area contributed by atoms with Gasteiger partial charge in [-0.1, -0.05) is 28.8 Å². The van der Waals surface area contributed by atoms with E-state index in [1.165, 1.54) is 31.4 Å². The number of thioether (sulfide) groups is 1. The Labute approximate surface area is 111 Å². The van der Waals surface area contributed by atoms with Crippen LogP contribution in [0.2, 0.25) is 0 Å². The lowest BCUT2D eigenvalue weighted by molar-refractivity contribution is -0.136. The van der Waals surface area contributed by atoms with E-state index in [-0.39, 0.29) is 0 Å². The molecule has 0 aromatic carbocycles. The predicted octanol–water partition coefficient (Wildman–Crippen LogP) is 2.91. The fourth-order valence-corrected chi connectivity index (χ4v) is 4.34. The zero-order valence-electron chi connectivity index (χ0n) is 9.66. The van der Waals surface area contributed by atoms with Gasteiger partial charge in [0.2, 0.25) is 5.91 Å². The number of nitrogens with zero attached hydrogens (tertiary/aromatic N) is 1. The smallest absolute Gasteiger partial charge is 0.226 e. The lowest BCUT2D eigenvalue weighted by Crippen LogP contribution is -2.43. The van der Waals surface area contributed by atoms with Gasteiger partial charge < -0.3 is 4.90 Å². The Morgan fingerprint density at radius 3 is 2.62 bits per heavy atom. The van der Waals surface area contributed by atoms with Crippen LogP contribution < -0.4 is 0 Å². The molecule has 92 valence electrons. The third kappa shape index (κ3) is 2.95. The minimum Gasteiger partial charge on any atom is -0.339 e. The molecule has 0 spiro atoms. The molecule has 0 radical (unpaired) electrons. The van der Waals surface area contributed by atoms with Crippen LogP contribution in [0.25, 0.3) is 0 Å². The van der Waals surface area contributed by atoms with E-state index < -0.39 is 0 Å². The van der Waals surface area contributed by atoms with Crippen molar-refractivity contribution < 1.29 is 4.79 Å². The zero-order chi connectivity index (χ0) is 11.4. The molecule has 4 heteroatoms. The lowest BCUT2D eigenvalue weighted by atomic mass is 10.1. The minimum absolute atomic E-state index is 0.310. The highest BCUT2D eigenvalue weighted by Gasteiger charge is 2.32. The highest BCUT2D eigenvalue weighted by Crippen LogP contribution is 2.29. The van der Waals surface area contributed by atoms with E-state index in [9.17, 15) is 4.79 Å². The van der Waals surface area contributed by atoms with Crippen molar-refractivity contribution in [2.45, 2.75) is 38.1 Å². The van der Waals surface area contributed by atoms with Crippen LogP contribution in [0.3, 0.4) is 0 Å². The maximum atomic E-state index is 12.4. The molecule has 1 saturated carbocycles. The molecule has 2 nitrogen and oxygen atoms in total. The SMILES string of the molecule is O=C(C1CCSC1)N(CCBr)C1CCCC1. The fourth-order valence-electron chi connectivity index (χ4n) is 2.74. The molecule has 2 fully saturated rings. The fraction of sp³-hybridized carbons (Fsp3) is 0.917. The van der Waals surface area contributed by atoms with Gasteiger partial charge in [0.25, 0.3) is 0 Å². The van der Waals surface area contributed by atoms with Gasteiger partial charge in [-0.2, -0.15) is 11.8 Å². The third-order valence-corrected chi connectivity index (χ3v) is 5.17. The molecule has 1 heterocycles. The molecule has 0 aromatic rings. The molecule has 1 amide bonds. The summed E-state index contributed by atoms with van der Waals surface area (Å²) in [6.45, 7) is 0.894. The highest BCUT2D eigenvalue weighted by molar-refractivity contribution is 9.09. The summed E-state index contributed by atoms with van der Waals surface area (Å²) >= 11 is 5.40. The van der Waals surface area contributed by atoms with Gasteiger partial charge >= 0.3 is 0 Å². The Bertz CT molecular complexity index is 237. The quantitative estimate of drug-likeness (QED) is 0.744. The summed E-state index contributed by atoms with van der Waals surface area (Å²) in [6, 6.07) is 0.538. The number of carbonyl (C=O) groups excluding carboxylic acids is 1. The molecule has 1 saturated heterocycles. The Kier molecular flexibility index (Phi) is 5.01. The first-order valence-electron chi connectivity index (χ1n) is 6.27. The van der Waals surface area contributed by atoms with Crippen molar-refractivity contribution in [3.05, 3.63) is 0 Å². The van der Waals surface area contributed by atoms with Crippen LogP contribution in [0.1, 0.15) is 32.1 Å². The van der Waals surface area contributed by atoms with Gasteiger partial charge in [-0.05, 0) is 25.0 Å². The van der Waals surface area contributed by atoms with Gasteiger partial charge in [-0.3, -0.25) is 4.79 Å². The molecule has 1 aliphatic heterocycles. The lowest BCUT2D eigenvalue weighted by Gasteiger charge is -2.30. The number of rotatable bonds is 4. The van der Waals surface area contributed by atoms with E-state index in [2.05, 4.69) is 20.8 Å². The summed E-state index contributed by atoms with van der Waals surface area (Å²) in [4.78, 5) is 14.6. The van der Waals surface area contributed by atoms with E-state index >= 15 is 0 Å². The molecule has 2 rings (SSSR count). The molecule has 1 atom stereocenters. The molecule has 1 aliphatic carbocycles. The molecule has 0 bridgehead atoms. The van der Waals surface area contributed by atoms with Crippen molar-refractivity contribution in [1.29, 1.82) is 0 Å². The molecule has 2 aliphatic rings. The van der Waals surface area contributed by atoms with Crippen molar-refractivity contribution in [3.8, 4) is 0 Å². The number of hydrogen-bond acceptors (Lipinski definition) is 2. The number of alkyl halides is 1. The van der Waals surface area contributed by atoms with Crippen LogP contribution in [0, 0.1) is 5.92 Å². The monoisotopic (exact) mass is 305 g/mol. The van der Waals surface area contributed by atoms with Crippen LogP contribution in [0.15, 0.2) is 0 Å². The van der Waals surface area contributed by atoms with Gasteiger partial charge in [0.1, 0.15) is 0 Å². The maximum Gasteiger partial charge on any atom is 0.226 e. The van der Waals surface area contributed by atoms with Crippen LogP contribution >= 0.6 is 27.7 Å². The molecule has 0 N–H and O–H groups in total. The normalized spacial score (nSPS) is 26.2. The first kappa shape index (κ1) is 12.7. The van der Waals surface area contributed by atoms with E-state index in [1.54, 1.807) is 0 Å². The molecular formula is C12H20BrNOS. The zero-order valence-corrected chi connectivity index (χ0v) is 12.1. The Morgan fingerprint density at radius 1 is 1.31 bits per heavy atom. The standard InChI is InChI=1S/C12H20BrNOS/c13-6-7-14(11-3-1-2-4-11)12(15)10-5-8-16-9-10/h10-11H,1-9H2. The first-order chi connectivity index (χ1) is 7.83. The van der Waals surface area contributed by atoms with Crippen molar-refractivity contribution >= 4 is 33.6 Å². The van der Waals surface area contributed by atoms with E-state index in [4.69, 9.17) is 0 Å². The summed E-state index contributed by atoms with van der Waals surface area (Å²) in [5.74, 6) is 2.95. The average molecular weight is 306 g/mol. The van der Waals surface area contributed by atoms with Crippen molar-refractivity contribution in [2.75, 3.05) is 23.4 Å². The van der Waals surface area contributed by atoms with Crippen LogP contribution in [0.4, 0.5) is 0 Å². The highest BCUT2D eigenvalue weighted by atomic mass is 79.9. The van der Waals surface area contributed by atoms with Crippen molar-refractivity contribution in [2.24, 2.45) is 5.92 Å². The third-order valence-electron chi connectivity index (χ3n) is 3.65. The Morgan fingerprint density at radius 2 is 2.06 bits per heavy atom. The molecular weight excluding hydrogens is 286 g/mol. The second kappa shape index (κ2) is 6.29. The Balaban J connectivity index is 1.96. The van der Waals surface area contributed by atoms with Gasteiger partial charge in [0.05, 0.1) is 0 Å². The second-order valence-corrected chi connectivity index (χ2v) is 6.66. The minimum atomic E-state index is 0.310.